The summed E-state index contributed by atoms with van der Waals surface area (Å²) in [6.07, 6.45) is -7.77. The molecule has 9 heteroatoms. The summed E-state index contributed by atoms with van der Waals surface area (Å²) in [7, 11) is -3.46. The van der Waals surface area contributed by atoms with Gasteiger partial charge in [0, 0.05) is 0 Å². The lowest BCUT2D eigenvalue weighted by molar-refractivity contribution is -0.301. The van der Waals surface area contributed by atoms with Crippen LogP contribution in [0, 0.1) is 0 Å². The van der Waals surface area contributed by atoms with Gasteiger partial charge in [-0.3, -0.25) is 0 Å². The fourth-order valence-corrected chi connectivity index (χ4v) is 8.89. The third-order valence-corrected chi connectivity index (χ3v) is 11.3. The molecule has 3 rings (SSSR count). The molecule has 0 aromatic heterocycles. The summed E-state index contributed by atoms with van der Waals surface area (Å²) >= 11 is 0. The molecular formula is C28H31F3O5Si. The zero-order valence-electron chi connectivity index (χ0n) is 20.9. The zero-order chi connectivity index (χ0) is 27.3. The number of benzene rings is 3. The van der Waals surface area contributed by atoms with Gasteiger partial charge in [0.05, 0.1) is 12.2 Å². The number of ether oxygens (including phenoxy) is 1. The first-order chi connectivity index (χ1) is 17.3. The molecule has 37 heavy (non-hydrogen) atoms. The molecule has 0 spiro atoms. The highest BCUT2D eigenvalue weighted by atomic mass is 28.4. The Morgan fingerprint density at radius 1 is 0.838 bits per heavy atom. The Kier molecular flexibility index (Phi) is 8.64. The van der Waals surface area contributed by atoms with E-state index in [0.717, 1.165) is 0 Å². The second kappa shape index (κ2) is 11.2. The third kappa shape index (κ3) is 5.96. The topological polar surface area (TPSA) is 76.0 Å². The van der Waals surface area contributed by atoms with E-state index in [1.165, 1.54) is 12.1 Å². The Bertz CT molecular complexity index is 1110. The fourth-order valence-electron chi connectivity index (χ4n) is 4.30. The van der Waals surface area contributed by atoms with Crippen molar-refractivity contribution >= 4 is 24.7 Å². The van der Waals surface area contributed by atoms with Gasteiger partial charge >= 0.3 is 12.1 Å². The van der Waals surface area contributed by atoms with E-state index >= 15 is 0 Å². The molecule has 0 heterocycles. The van der Waals surface area contributed by atoms with Crippen molar-refractivity contribution in [2.45, 2.75) is 43.7 Å². The van der Waals surface area contributed by atoms with Crippen LogP contribution in [-0.2, 0) is 9.16 Å². The molecule has 0 amide bonds. The number of esters is 1. The number of hydrogen-bond acceptors (Lipinski definition) is 5. The SMILES string of the molecule is CC(C)(C)[Si](OCC(O)(C(O)COC(=O)c1ccccc1)C(F)(F)F)(c1ccccc1)c1ccccc1. The maximum absolute atomic E-state index is 14.3. The van der Waals surface area contributed by atoms with Crippen molar-refractivity contribution in [2.24, 2.45) is 0 Å². The molecule has 2 unspecified atom stereocenters. The first-order valence-corrected chi connectivity index (χ1v) is 13.7. The largest absolute Gasteiger partial charge is 0.459 e. The van der Waals surface area contributed by atoms with Gasteiger partial charge in [0.25, 0.3) is 8.32 Å². The molecule has 3 aromatic rings. The van der Waals surface area contributed by atoms with Crippen molar-refractivity contribution in [2.75, 3.05) is 13.2 Å². The predicted molar refractivity (Wildman–Crippen MR) is 137 cm³/mol. The Morgan fingerprint density at radius 3 is 1.68 bits per heavy atom. The van der Waals surface area contributed by atoms with Crippen molar-refractivity contribution in [1.82, 2.24) is 0 Å². The fraction of sp³-hybridized carbons (Fsp3) is 0.321. The van der Waals surface area contributed by atoms with E-state index in [-0.39, 0.29) is 5.56 Å². The van der Waals surface area contributed by atoms with E-state index in [0.29, 0.717) is 10.4 Å². The maximum Gasteiger partial charge on any atom is 0.422 e. The molecule has 0 saturated heterocycles. The zero-order valence-corrected chi connectivity index (χ0v) is 21.9. The molecule has 2 N–H and O–H groups in total. The molecular weight excluding hydrogens is 501 g/mol. The van der Waals surface area contributed by atoms with Gasteiger partial charge in [0.15, 0.2) is 0 Å². The number of rotatable bonds is 9. The van der Waals surface area contributed by atoms with E-state index < -0.39 is 50.4 Å². The van der Waals surface area contributed by atoms with Crippen LogP contribution in [0.1, 0.15) is 31.1 Å². The highest BCUT2D eigenvalue weighted by Gasteiger charge is 2.61. The van der Waals surface area contributed by atoms with Gasteiger partial charge in [-0.25, -0.2) is 4.79 Å². The highest BCUT2D eigenvalue weighted by molar-refractivity contribution is 6.99. The monoisotopic (exact) mass is 532 g/mol. The van der Waals surface area contributed by atoms with Crippen molar-refractivity contribution in [3.63, 3.8) is 0 Å². The highest BCUT2D eigenvalue weighted by Crippen LogP contribution is 2.40. The molecule has 0 aliphatic rings. The quantitative estimate of drug-likeness (QED) is 0.321. The van der Waals surface area contributed by atoms with Gasteiger partial charge in [-0.2, -0.15) is 13.2 Å². The van der Waals surface area contributed by atoms with Crippen molar-refractivity contribution < 1.29 is 37.3 Å². The number of carbonyl (C=O) groups excluding carboxylic acids is 1. The molecule has 5 nitrogen and oxygen atoms in total. The molecule has 0 radical (unpaired) electrons. The predicted octanol–water partition coefficient (Wildman–Crippen LogP) is 4.07. The van der Waals surface area contributed by atoms with E-state index in [4.69, 9.17) is 9.16 Å². The summed E-state index contributed by atoms with van der Waals surface area (Å²) in [4.78, 5) is 12.2. The standard InChI is InChI=1S/C28H31F3O5Si/c1-26(2,3)37(22-15-9-5-10-16-22,23-17-11-6-12-18-23)36-20-27(34,28(29,30)31)24(32)19-35-25(33)21-13-7-4-8-14-21/h4-18,24,32,34H,19-20H2,1-3H3. The normalized spacial score (nSPS) is 15.0. The Morgan fingerprint density at radius 2 is 1.27 bits per heavy atom. The summed E-state index contributed by atoms with van der Waals surface area (Å²) in [5.41, 5.74) is -3.59. The minimum absolute atomic E-state index is 0.105. The molecule has 0 fully saturated rings. The van der Waals surface area contributed by atoms with Crippen LogP contribution in [0.25, 0.3) is 0 Å². The number of aliphatic hydroxyl groups is 2. The summed E-state index contributed by atoms with van der Waals surface area (Å²) in [6, 6.07) is 25.6. The van der Waals surface area contributed by atoms with Crippen LogP contribution in [0.5, 0.6) is 0 Å². The van der Waals surface area contributed by atoms with Gasteiger partial charge in [-0.1, -0.05) is 99.6 Å². The van der Waals surface area contributed by atoms with Crippen LogP contribution in [0.4, 0.5) is 13.2 Å². The number of carbonyl (C=O) groups is 1. The van der Waals surface area contributed by atoms with Crippen LogP contribution in [-0.4, -0.2) is 55.6 Å². The first kappa shape index (κ1) is 28.6. The number of alkyl halides is 3. The van der Waals surface area contributed by atoms with Crippen LogP contribution < -0.4 is 10.4 Å². The lowest BCUT2D eigenvalue weighted by Crippen LogP contribution is -2.69. The van der Waals surface area contributed by atoms with Crippen molar-refractivity contribution in [3.8, 4) is 0 Å². The second-order valence-corrected chi connectivity index (χ2v) is 14.2. The van der Waals surface area contributed by atoms with Gasteiger partial charge in [0.1, 0.15) is 12.7 Å². The summed E-state index contributed by atoms with van der Waals surface area (Å²) in [5, 5.41) is 22.1. The number of aliphatic hydroxyl groups excluding tert-OH is 1. The summed E-state index contributed by atoms with van der Waals surface area (Å²) < 4.78 is 53.9. The molecule has 3 aromatic carbocycles. The Labute approximate surface area is 215 Å². The summed E-state index contributed by atoms with van der Waals surface area (Å²) in [6.45, 7) is 3.31. The first-order valence-electron chi connectivity index (χ1n) is 11.8. The van der Waals surface area contributed by atoms with Gasteiger partial charge in [-0.15, -0.1) is 0 Å². The molecule has 2 atom stereocenters. The number of hydrogen-bond donors (Lipinski definition) is 2. The minimum Gasteiger partial charge on any atom is -0.459 e. The lowest BCUT2D eigenvalue weighted by Gasteiger charge is -2.45. The van der Waals surface area contributed by atoms with Gasteiger partial charge in [0.2, 0.25) is 5.60 Å². The van der Waals surface area contributed by atoms with E-state index in [2.05, 4.69) is 0 Å². The molecule has 198 valence electrons. The van der Waals surface area contributed by atoms with Crippen molar-refractivity contribution in [3.05, 3.63) is 96.6 Å². The second-order valence-electron chi connectivity index (χ2n) is 9.85. The van der Waals surface area contributed by atoms with Gasteiger partial charge in [-0.05, 0) is 27.5 Å². The van der Waals surface area contributed by atoms with Crippen LogP contribution in [0.3, 0.4) is 0 Å². The lowest BCUT2D eigenvalue weighted by atomic mass is 9.97. The van der Waals surface area contributed by atoms with Crippen LogP contribution in [0.15, 0.2) is 91.0 Å². The smallest absolute Gasteiger partial charge is 0.422 e. The molecule has 0 bridgehead atoms. The molecule has 0 aliphatic heterocycles. The van der Waals surface area contributed by atoms with Crippen LogP contribution >= 0.6 is 0 Å². The maximum atomic E-state index is 14.3. The minimum atomic E-state index is -5.28. The van der Waals surface area contributed by atoms with Crippen molar-refractivity contribution in [1.29, 1.82) is 0 Å². The number of halogens is 3. The average Bonchev–Trinajstić information content (AvgIpc) is 2.87. The molecule has 0 saturated carbocycles. The molecule has 0 aliphatic carbocycles. The Balaban J connectivity index is 1.97. The van der Waals surface area contributed by atoms with Crippen LogP contribution in [0.2, 0.25) is 5.04 Å². The third-order valence-electron chi connectivity index (χ3n) is 6.35. The summed E-state index contributed by atoms with van der Waals surface area (Å²) in [5.74, 6) is -0.919. The average molecular weight is 533 g/mol. The van der Waals surface area contributed by atoms with E-state index in [1.807, 2.05) is 20.8 Å². The van der Waals surface area contributed by atoms with E-state index in [9.17, 15) is 28.2 Å². The van der Waals surface area contributed by atoms with E-state index in [1.54, 1.807) is 78.9 Å². The Hall–Kier alpha value is -2.98. The van der Waals surface area contributed by atoms with Gasteiger partial charge < -0.3 is 19.4 Å².